The number of rotatable bonds is 2. The first-order valence-corrected chi connectivity index (χ1v) is 3.22. The van der Waals surface area contributed by atoms with Crippen LogP contribution in [0.15, 0.2) is 12.3 Å². The number of aromatic nitrogens is 1. The van der Waals surface area contributed by atoms with Gasteiger partial charge in [-0.05, 0) is 6.07 Å². The normalized spacial score (nSPS) is 9.18. The van der Waals surface area contributed by atoms with Crippen LogP contribution < -0.4 is 0 Å². The Balaban J connectivity index is 3.35. The molecule has 0 saturated carbocycles. The third-order valence-corrected chi connectivity index (χ3v) is 1.53. The minimum absolute atomic E-state index is 0.0764. The van der Waals surface area contributed by atoms with E-state index in [-0.39, 0.29) is 16.3 Å². The van der Waals surface area contributed by atoms with Crippen LogP contribution in [0.5, 0.6) is 0 Å². The predicted molar refractivity (Wildman–Crippen MR) is 40.0 cm³/mol. The molecular formula is C7H4ClNO2. The standard InChI is InChI=1S/C7H4ClNO2/c8-6-1-2-9-7(4-11)5(6)3-10/h1-4H. The zero-order valence-electron chi connectivity index (χ0n) is 5.45. The quantitative estimate of drug-likeness (QED) is 0.628. The van der Waals surface area contributed by atoms with Gasteiger partial charge < -0.3 is 0 Å². The largest absolute Gasteiger partial charge is 0.298 e. The molecule has 0 aromatic carbocycles. The van der Waals surface area contributed by atoms with Gasteiger partial charge in [-0.25, -0.2) is 0 Å². The maximum Gasteiger partial charge on any atom is 0.169 e. The Kier molecular flexibility index (Phi) is 2.33. The lowest BCUT2D eigenvalue weighted by atomic mass is 10.2. The maximum absolute atomic E-state index is 10.3. The van der Waals surface area contributed by atoms with Gasteiger partial charge in [0.25, 0.3) is 0 Å². The molecule has 0 N–H and O–H groups in total. The van der Waals surface area contributed by atoms with Crippen LogP contribution in [0.3, 0.4) is 0 Å². The van der Waals surface area contributed by atoms with E-state index < -0.39 is 0 Å². The van der Waals surface area contributed by atoms with Crippen molar-refractivity contribution in [2.45, 2.75) is 0 Å². The lowest BCUT2D eigenvalue weighted by Gasteiger charge is -1.95. The van der Waals surface area contributed by atoms with Crippen molar-refractivity contribution in [2.24, 2.45) is 0 Å². The fraction of sp³-hybridized carbons (Fsp3) is 0. The van der Waals surface area contributed by atoms with E-state index in [2.05, 4.69) is 4.98 Å². The summed E-state index contributed by atoms with van der Waals surface area (Å²) in [5.74, 6) is 0. The molecule has 0 bridgehead atoms. The molecule has 11 heavy (non-hydrogen) atoms. The summed E-state index contributed by atoms with van der Waals surface area (Å²) in [7, 11) is 0. The molecule has 0 aliphatic heterocycles. The Hall–Kier alpha value is -1.22. The topological polar surface area (TPSA) is 47.0 Å². The van der Waals surface area contributed by atoms with Crippen LogP contribution in [0.4, 0.5) is 0 Å². The van der Waals surface area contributed by atoms with E-state index >= 15 is 0 Å². The first-order chi connectivity index (χ1) is 5.29. The molecule has 0 aliphatic carbocycles. The summed E-state index contributed by atoms with van der Waals surface area (Å²) < 4.78 is 0. The number of hydrogen-bond donors (Lipinski definition) is 0. The second kappa shape index (κ2) is 3.25. The summed E-state index contributed by atoms with van der Waals surface area (Å²) in [5, 5.41) is 0.247. The monoisotopic (exact) mass is 169 g/mol. The van der Waals surface area contributed by atoms with Crippen LogP contribution in [0.1, 0.15) is 20.8 Å². The molecular weight excluding hydrogens is 166 g/mol. The van der Waals surface area contributed by atoms with E-state index in [1.165, 1.54) is 12.3 Å². The van der Waals surface area contributed by atoms with Crippen molar-refractivity contribution < 1.29 is 9.59 Å². The van der Waals surface area contributed by atoms with Crippen LogP contribution in [0.25, 0.3) is 0 Å². The molecule has 0 radical (unpaired) electrons. The minimum atomic E-state index is 0.0764. The lowest BCUT2D eigenvalue weighted by molar-refractivity contribution is 0.109. The number of pyridine rings is 1. The average Bonchev–Trinajstić information content (AvgIpc) is 2.04. The molecule has 0 aliphatic rings. The molecule has 0 saturated heterocycles. The molecule has 1 aromatic heterocycles. The summed E-state index contributed by atoms with van der Waals surface area (Å²) in [6, 6.07) is 1.46. The van der Waals surface area contributed by atoms with Gasteiger partial charge in [-0.2, -0.15) is 0 Å². The van der Waals surface area contributed by atoms with Crippen molar-refractivity contribution in [3.63, 3.8) is 0 Å². The van der Waals surface area contributed by atoms with Crippen molar-refractivity contribution in [1.29, 1.82) is 0 Å². The smallest absolute Gasteiger partial charge is 0.169 e. The van der Waals surface area contributed by atoms with E-state index in [9.17, 15) is 9.59 Å². The molecule has 1 heterocycles. The van der Waals surface area contributed by atoms with E-state index in [4.69, 9.17) is 11.6 Å². The van der Waals surface area contributed by atoms with Gasteiger partial charge in [-0.15, -0.1) is 0 Å². The van der Waals surface area contributed by atoms with E-state index in [1.54, 1.807) is 0 Å². The fourth-order valence-corrected chi connectivity index (χ4v) is 0.873. The maximum atomic E-state index is 10.3. The van der Waals surface area contributed by atoms with Crippen LogP contribution >= 0.6 is 11.6 Å². The van der Waals surface area contributed by atoms with Crippen LogP contribution in [0.2, 0.25) is 5.02 Å². The molecule has 1 rings (SSSR count). The van der Waals surface area contributed by atoms with Crippen LogP contribution in [0, 0.1) is 0 Å². The molecule has 4 heteroatoms. The van der Waals surface area contributed by atoms with Gasteiger partial charge in [0.15, 0.2) is 12.6 Å². The minimum Gasteiger partial charge on any atom is -0.298 e. The van der Waals surface area contributed by atoms with Gasteiger partial charge in [0.1, 0.15) is 5.69 Å². The molecule has 3 nitrogen and oxygen atoms in total. The van der Waals surface area contributed by atoms with Crippen molar-refractivity contribution >= 4 is 24.2 Å². The first kappa shape index (κ1) is 7.88. The molecule has 0 fully saturated rings. The number of halogens is 1. The zero-order valence-corrected chi connectivity index (χ0v) is 6.21. The molecule has 1 aromatic rings. The average molecular weight is 170 g/mol. The predicted octanol–water partition coefficient (Wildman–Crippen LogP) is 1.36. The molecule has 0 amide bonds. The van der Waals surface area contributed by atoms with E-state index in [0.29, 0.717) is 12.6 Å². The second-order valence-corrected chi connectivity index (χ2v) is 2.23. The van der Waals surface area contributed by atoms with Gasteiger partial charge in [-0.3, -0.25) is 14.6 Å². The number of carbonyl (C=O) groups is 2. The Morgan fingerprint density at radius 3 is 2.55 bits per heavy atom. The third kappa shape index (κ3) is 1.43. The van der Waals surface area contributed by atoms with Crippen molar-refractivity contribution in [3.05, 3.63) is 28.5 Å². The Bertz CT molecular complexity index is 298. The Morgan fingerprint density at radius 2 is 2.09 bits per heavy atom. The Labute approximate surface area is 68.0 Å². The summed E-state index contributed by atoms with van der Waals surface area (Å²) >= 11 is 5.58. The fourth-order valence-electron chi connectivity index (χ4n) is 0.675. The highest BCUT2D eigenvalue weighted by molar-refractivity contribution is 6.33. The van der Waals surface area contributed by atoms with Crippen LogP contribution in [-0.4, -0.2) is 17.6 Å². The highest BCUT2D eigenvalue weighted by atomic mass is 35.5. The number of hydrogen-bond acceptors (Lipinski definition) is 3. The SMILES string of the molecule is O=Cc1nccc(Cl)c1C=O. The van der Waals surface area contributed by atoms with Gasteiger partial charge in [0.2, 0.25) is 0 Å². The van der Waals surface area contributed by atoms with E-state index in [1.807, 2.05) is 0 Å². The van der Waals surface area contributed by atoms with Crippen LogP contribution in [-0.2, 0) is 0 Å². The van der Waals surface area contributed by atoms with Gasteiger partial charge >= 0.3 is 0 Å². The van der Waals surface area contributed by atoms with Crippen molar-refractivity contribution in [1.82, 2.24) is 4.98 Å². The zero-order chi connectivity index (χ0) is 8.27. The number of nitrogens with zero attached hydrogens (tertiary/aromatic N) is 1. The molecule has 0 atom stereocenters. The van der Waals surface area contributed by atoms with E-state index in [0.717, 1.165) is 0 Å². The number of aldehydes is 2. The number of carbonyl (C=O) groups excluding carboxylic acids is 2. The summed E-state index contributed by atoms with van der Waals surface area (Å²) in [4.78, 5) is 24.2. The summed E-state index contributed by atoms with van der Waals surface area (Å²) in [5.41, 5.74) is 0.219. The Morgan fingerprint density at radius 1 is 1.36 bits per heavy atom. The highest BCUT2D eigenvalue weighted by Gasteiger charge is 2.04. The van der Waals surface area contributed by atoms with Gasteiger partial charge in [0.05, 0.1) is 10.6 Å². The molecule has 0 unspecified atom stereocenters. The second-order valence-electron chi connectivity index (χ2n) is 1.83. The van der Waals surface area contributed by atoms with Gasteiger partial charge in [-0.1, -0.05) is 11.6 Å². The lowest BCUT2D eigenvalue weighted by Crippen LogP contribution is -1.94. The third-order valence-electron chi connectivity index (χ3n) is 1.20. The van der Waals surface area contributed by atoms with Crippen molar-refractivity contribution in [3.8, 4) is 0 Å². The summed E-state index contributed by atoms with van der Waals surface area (Å²) in [6.07, 6.45) is 2.38. The molecule has 56 valence electrons. The summed E-state index contributed by atoms with van der Waals surface area (Å²) in [6.45, 7) is 0. The van der Waals surface area contributed by atoms with Gasteiger partial charge in [0, 0.05) is 6.20 Å². The van der Waals surface area contributed by atoms with Crippen molar-refractivity contribution in [2.75, 3.05) is 0 Å². The molecule has 0 spiro atoms. The highest BCUT2D eigenvalue weighted by Crippen LogP contribution is 2.13. The first-order valence-electron chi connectivity index (χ1n) is 2.84.